The summed E-state index contributed by atoms with van der Waals surface area (Å²) >= 11 is 0. The first-order chi connectivity index (χ1) is 8.08. The van der Waals surface area contributed by atoms with E-state index in [1.807, 2.05) is 0 Å². The number of hydrogen-bond acceptors (Lipinski definition) is 3. The van der Waals surface area contributed by atoms with E-state index >= 15 is 0 Å². The summed E-state index contributed by atoms with van der Waals surface area (Å²) in [7, 11) is 0. The van der Waals surface area contributed by atoms with Crippen molar-refractivity contribution in [3.63, 3.8) is 0 Å². The Morgan fingerprint density at radius 1 is 1.59 bits per heavy atom. The Morgan fingerprint density at radius 3 is 2.82 bits per heavy atom. The second kappa shape index (κ2) is 4.77. The molecule has 1 aromatic rings. The molecule has 1 heterocycles. The van der Waals surface area contributed by atoms with E-state index in [0.29, 0.717) is 11.7 Å². The third kappa shape index (κ3) is 2.99. The van der Waals surface area contributed by atoms with E-state index in [9.17, 15) is 13.6 Å². The molecule has 17 heavy (non-hydrogen) atoms. The minimum absolute atomic E-state index is 0.200. The topological polar surface area (TPSA) is 39.2 Å². The van der Waals surface area contributed by atoms with E-state index in [-0.39, 0.29) is 11.5 Å². The number of halogens is 2. The van der Waals surface area contributed by atoms with Crippen LogP contribution in [0.25, 0.3) is 0 Å². The highest BCUT2D eigenvalue weighted by molar-refractivity contribution is 5.92. The van der Waals surface area contributed by atoms with Crippen LogP contribution in [0.15, 0.2) is 12.3 Å². The molecule has 3 nitrogen and oxygen atoms in total. The highest BCUT2D eigenvalue weighted by atomic mass is 19.3. The Hall–Kier alpha value is -1.52. The lowest BCUT2D eigenvalue weighted by molar-refractivity contribution is 0.0812. The Kier molecular flexibility index (Phi) is 3.36. The number of alkyl halides is 2. The van der Waals surface area contributed by atoms with E-state index in [1.165, 1.54) is 13.0 Å². The summed E-state index contributed by atoms with van der Waals surface area (Å²) in [5.74, 6) is 0.512. The molecule has 5 heteroatoms. The third-order valence-electron chi connectivity index (χ3n) is 2.64. The lowest BCUT2D eigenvalue weighted by Crippen LogP contribution is -2.09. The zero-order chi connectivity index (χ0) is 12.4. The van der Waals surface area contributed by atoms with Gasteiger partial charge in [-0.15, -0.1) is 0 Å². The minimum atomic E-state index is -2.52. The second-order valence-corrected chi connectivity index (χ2v) is 4.14. The molecule has 0 aliphatic heterocycles. The quantitative estimate of drug-likeness (QED) is 0.744. The van der Waals surface area contributed by atoms with Crippen molar-refractivity contribution in [3.05, 3.63) is 23.5 Å². The molecule has 0 atom stereocenters. The highest BCUT2D eigenvalue weighted by Gasteiger charge is 2.28. The molecule has 0 aromatic carbocycles. The molecule has 1 fully saturated rings. The number of aromatic nitrogens is 1. The Labute approximate surface area is 97.8 Å². The van der Waals surface area contributed by atoms with E-state index in [0.717, 1.165) is 18.4 Å². The fourth-order valence-corrected chi connectivity index (χ4v) is 1.62. The van der Waals surface area contributed by atoms with Gasteiger partial charge >= 0.3 is 0 Å². The van der Waals surface area contributed by atoms with Gasteiger partial charge in [0.1, 0.15) is 18.1 Å². The Bertz CT molecular complexity index is 431. The van der Waals surface area contributed by atoms with Crippen molar-refractivity contribution in [2.45, 2.75) is 32.1 Å². The van der Waals surface area contributed by atoms with Crippen LogP contribution in [0.1, 0.15) is 41.7 Å². The first-order valence-electron chi connectivity index (χ1n) is 5.49. The van der Waals surface area contributed by atoms with Gasteiger partial charge in [0.15, 0.2) is 5.78 Å². The summed E-state index contributed by atoms with van der Waals surface area (Å²) in [5.41, 5.74) is 1.08. The summed E-state index contributed by atoms with van der Waals surface area (Å²) in [6, 6.07) is 1.46. The molecular formula is C12H13F2NO2. The maximum absolute atomic E-state index is 12.1. The van der Waals surface area contributed by atoms with Crippen LogP contribution in [-0.2, 0) is 0 Å². The monoisotopic (exact) mass is 241 g/mol. The van der Waals surface area contributed by atoms with Crippen molar-refractivity contribution in [2.24, 2.45) is 0 Å². The van der Waals surface area contributed by atoms with Gasteiger partial charge in [0.25, 0.3) is 6.43 Å². The first kappa shape index (κ1) is 12.0. The van der Waals surface area contributed by atoms with Crippen LogP contribution < -0.4 is 4.74 Å². The number of hydrogen-bond donors (Lipinski definition) is 0. The van der Waals surface area contributed by atoms with Gasteiger partial charge in [0, 0.05) is 24.8 Å². The summed E-state index contributed by atoms with van der Waals surface area (Å²) in [6.07, 6.45) is 1.09. The zero-order valence-corrected chi connectivity index (χ0v) is 9.45. The number of carbonyl (C=O) groups excluding carboxylic acids is 1. The fraction of sp³-hybridized carbons (Fsp3) is 0.500. The predicted molar refractivity (Wildman–Crippen MR) is 57.7 cm³/mol. The van der Waals surface area contributed by atoms with Gasteiger partial charge < -0.3 is 4.74 Å². The average molecular weight is 241 g/mol. The maximum atomic E-state index is 12.1. The number of pyridine rings is 1. The SMILES string of the molecule is CC(=O)c1cc(OCC(F)F)c(C2CC2)cn1. The molecule has 0 saturated heterocycles. The predicted octanol–water partition coefficient (Wildman–Crippen LogP) is 2.81. The van der Waals surface area contributed by atoms with Gasteiger partial charge in [-0.05, 0) is 18.8 Å². The van der Waals surface area contributed by atoms with Crippen LogP contribution in [0, 0.1) is 0 Å². The maximum Gasteiger partial charge on any atom is 0.272 e. The highest BCUT2D eigenvalue weighted by Crippen LogP contribution is 2.44. The van der Waals surface area contributed by atoms with E-state index < -0.39 is 13.0 Å². The van der Waals surface area contributed by atoms with Gasteiger partial charge in [-0.2, -0.15) is 0 Å². The average Bonchev–Trinajstić information content (AvgIpc) is 3.09. The second-order valence-electron chi connectivity index (χ2n) is 4.14. The van der Waals surface area contributed by atoms with Crippen LogP contribution in [-0.4, -0.2) is 23.8 Å². The van der Waals surface area contributed by atoms with Crippen LogP contribution in [0.5, 0.6) is 5.75 Å². The molecule has 0 spiro atoms. The number of Topliss-reactive ketones (excluding diaryl/α,β-unsaturated/α-hetero) is 1. The molecule has 0 radical (unpaired) electrons. The van der Waals surface area contributed by atoms with Gasteiger partial charge in [0.05, 0.1) is 0 Å². The normalized spacial score (nSPS) is 15.1. The third-order valence-corrected chi connectivity index (χ3v) is 2.64. The Morgan fingerprint density at radius 2 is 2.29 bits per heavy atom. The zero-order valence-electron chi connectivity index (χ0n) is 9.45. The molecule has 92 valence electrons. The summed E-state index contributed by atoms with van der Waals surface area (Å²) in [4.78, 5) is 15.2. The van der Waals surface area contributed by atoms with Gasteiger partial charge in [-0.1, -0.05) is 0 Å². The molecule has 1 aromatic heterocycles. The lowest BCUT2D eigenvalue weighted by atomic mass is 10.1. The smallest absolute Gasteiger partial charge is 0.272 e. The van der Waals surface area contributed by atoms with Crippen LogP contribution in [0.4, 0.5) is 8.78 Å². The van der Waals surface area contributed by atoms with Crippen LogP contribution in [0.2, 0.25) is 0 Å². The van der Waals surface area contributed by atoms with Crippen molar-refractivity contribution in [2.75, 3.05) is 6.61 Å². The number of nitrogens with zero attached hydrogens (tertiary/aromatic N) is 1. The summed E-state index contributed by atoms with van der Waals surface area (Å²) in [5, 5.41) is 0. The number of rotatable bonds is 5. The molecule has 0 N–H and O–H groups in total. The molecule has 1 aliphatic rings. The van der Waals surface area contributed by atoms with Crippen LogP contribution >= 0.6 is 0 Å². The lowest BCUT2D eigenvalue weighted by Gasteiger charge is -2.11. The molecule has 0 bridgehead atoms. The molecule has 2 rings (SSSR count). The largest absolute Gasteiger partial charge is 0.487 e. The molecule has 0 unspecified atom stereocenters. The number of ether oxygens (including phenoxy) is 1. The molecular weight excluding hydrogens is 228 g/mol. The summed E-state index contributed by atoms with van der Waals surface area (Å²) < 4.78 is 29.3. The van der Waals surface area contributed by atoms with Gasteiger partial charge in [0.2, 0.25) is 0 Å². The molecule has 1 aliphatic carbocycles. The van der Waals surface area contributed by atoms with Gasteiger partial charge in [-0.3, -0.25) is 9.78 Å². The first-order valence-corrected chi connectivity index (χ1v) is 5.49. The summed E-state index contributed by atoms with van der Waals surface area (Å²) in [6.45, 7) is 0.733. The van der Waals surface area contributed by atoms with Crippen molar-refractivity contribution in [1.82, 2.24) is 4.98 Å². The van der Waals surface area contributed by atoms with E-state index in [2.05, 4.69) is 4.98 Å². The van der Waals surface area contributed by atoms with Crippen molar-refractivity contribution in [1.29, 1.82) is 0 Å². The van der Waals surface area contributed by atoms with Crippen molar-refractivity contribution >= 4 is 5.78 Å². The standard InChI is InChI=1S/C12H13F2NO2/c1-7(16)10-4-11(17-6-12(13)14)9(5-15-10)8-2-3-8/h4-5,8,12H,2-3,6H2,1H3. The molecule has 0 amide bonds. The fourth-order valence-electron chi connectivity index (χ4n) is 1.62. The van der Waals surface area contributed by atoms with Crippen LogP contribution in [0.3, 0.4) is 0 Å². The molecule has 1 saturated carbocycles. The van der Waals surface area contributed by atoms with E-state index in [1.54, 1.807) is 6.20 Å². The van der Waals surface area contributed by atoms with Gasteiger partial charge in [-0.25, -0.2) is 8.78 Å². The number of ketones is 1. The van der Waals surface area contributed by atoms with E-state index in [4.69, 9.17) is 4.74 Å². The Balaban J connectivity index is 2.23. The van der Waals surface area contributed by atoms with Crippen molar-refractivity contribution in [3.8, 4) is 5.75 Å². The van der Waals surface area contributed by atoms with Crippen molar-refractivity contribution < 1.29 is 18.3 Å². The number of carbonyl (C=O) groups is 1. The minimum Gasteiger partial charge on any atom is -0.487 e.